The van der Waals surface area contributed by atoms with Gasteiger partial charge in [-0.3, -0.25) is 9.69 Å². The molecule has 0 radical (unpaired) electrons. The number of pyridine rings is 1. The summed E-state index contributed by atoms with van der Waals surface area (Å²) in [5.41, 5.74) is 4.19. The summed E-state index contributed by atoms with van der Waals surface area (Å²) in [5.74, 6) is 1.47. The van der Waals surface area contributed by atoms with Crippen molar-refractivity contribution in [3.05, 3.63) is 80.9 Å². The summed E-state index contributed by atoms with van der Waals surface area (Å²) < 4.78 is 13.6. The Morgan fingerprint density at radius 1 is 1.15 bits per heavy atom. The van der Waals surface area contributed by atoms with Crippen molar-refractivity contribution < 1.29 is 9.47 Å². The van der Waals surface area contributed by atoms with Gasteiger partial charge in [-0.25, -0.2) is 4.68 Å². The smallest absolute Gasteiger partial charge is 0.253 e. The first-order chi connectivity index (χ1) is 19.2. The predicted molar refractivity (Wildman–Crippen MR) is 156 cm³/mol. The first-order valence-corrected chi connectivity index (χ1v) is 14.1. The third-order valence-corrected chi connectivity index (χ3v) is 7.59. The third-order valence-electron chi connectivity index (χ3n) is 7.59. The maximum Gasteiger partial charge on any atom is 0.253 e. The zero-order chi connectivity index (χ0) is 28.4. The molecule has 0 bridgehead atoms. The number of aryl methyl sites for hydroxylation is 2. The molecule has 1 N–H and O–H groups in total. The average Bonchev–Trinajstić information content (AvgIpc) is 3.61. The lowest BCUT2D eigenvalue weighted by atomic mass is 9.98. The van der Waals surface area contributed by atoms with E-state index in [0.29, 0.717) is 31.1 Å². The highest BCUT2D eigenvalue weighted by molar-refractivity contribution is 5.85. The fourth-order valence-electron chi connectivity index (χ4n) is 5.54. The summed E-state index contributed by atoms with van der Waals surface area (Å²) in [6, 6.07) is 13.8. The molecular formula is C31H40N6O3. The molecule has 2 atom stereocenters. The van der Waals surface area contributed by atoms with Crippen molar-refractivity contribution in [1.29, 1.82) is 0 Å². The largest absolute Gasteiger partial charge is 0.494 e. The van der Waals surface area contributed by atoms with Crippen LogP contribution in [-0.2, 0) is 16.8 Å². The molecule has 2 aromatic heterocycles. The number of H-pyrrole nitrogens is 1. The minimum absolute atomic E-state index is 0.0627. The number of aromatic nitrogens is 5. The van der Waals surface area contributed by atoms with Crippen LogP contribution in [0.2, 0.25) is 0 Å². The molecule has 1 fully saturated rings. The van der Waals surface area contributed by atoms with E-state index in [1.54, 1.807) is 0 Å². The van der Waals surface area contributed by atoms with Gasteiger partial charge in [-0.05, 0) is 99.7 Å². The van der Waals surface area contributed by atoms with Gasteiger partial charge >= 0.3 is 0 Å². The summed E-state index contributed by atoms with van der Waals surface area (Å²) in [6.07, 6.45) is 2.07. The van der Waals surface area contributed by atoms with Crippen LogP contribution in [0, 0.1) is 13.8 Å². The van der Waals surface area contributed by atoms with E-state index in [0.717, 1.165) is 52.8 Å². The number of tetrazole rings is 1. The van der Waals surface area contributed by atoms with Crippen LogP contribution >= 0.6 is 0 Å². The number of ether oxygens (including phenoxy) is 2. The van der Waals surface area contributed by atoms with Crippen LogP contribution in [0.1, 0.15) is 74.7 Å². The lowest BCUT2D eigenvalue weighted by Crippen LogP contribution is -2.40. The van der Waals surface area contributed by atoms with Crippen molar-refractivity contribution in [2.45, 2.75) is 78.6 Å². The monoisotopic (exact) mass is 544 g/mol. The van der Waals surface area contributed by atoms with E-state index in [-0.39, 0.29) is 17.2 Å². The number of benzene rings is 2. The minimum Gasteiger partial charge on any atom is -0.494 e. The van der Waals surface area contributed by atoms with E-state index >= 15 is 0 Å². The van der Waals surface area contributed by atoms with Gasteiger partial charge in [-0.1, -0.05) is 24.3 Å². The Hall–Kier alpha value is -3.56. The molecule has 3 heterocycles. The predicted octanol–water partition coefficient (Wildman–Crippen LogP) is 5.06. The first kappa shape index (κ1) is 28.0. The van der Waals surface area contributed by atoms with Gasteiger partial charge in [0.15, 0.2) is 5.82 Å². The Bertz CT molecular complexity index is 1510. The van der Waals surface area contributed by atoms with Crippen LogP contribution in [0.25, 0.3) is 10.9 Å². The molecule has 0 spiro atoms. The molecule has 212 valence electrons. The molecule has 0 aliphatic carbocycles. The standard InChI is InChI=1S/C31H40N6O3/c1-7-39-23-14-12-22(13-15-23)18-36(19-24-9-8-16-40-24)28(29-33-34-35-37(29)31(4,5)6)26-17-25-20(2)10-11-21(3)27(25)32-30(26)38/h10-15,17,24,28H,7-9,16,18-19H2,1-6H3,(H,32,38). The number of nitrogens with zero attached hydrogens (tertiary/aromatic N) is 5. The lowest BCUT2D eigenvalue weighted by Gasteiger charge is -2.34. The van der Waals surface area contributed by atoms with Crippen molar-refractivity contribution >= 4 is 10.9 Å². The van der Waals surface area contributed by atoms with E-state index in [1.807, 2.05) is 42.8 Å². The fraction of sp³-hybridized carbons (Fsp3) is 0.484. The van der Waals surface area contributed by atoms with E-state index in [2.05, 4.69) is 71.3 Å². The molecule has 0 amide bonds. The highest BCUT2D eigenvalue weighted by Crippen LogP contribution is 2.33. The Balaban J connectivity index is 1.68. The van der Waals surface area contributed by atoms with Gasteiger partial charge in [0.25, 0.3) is 5.56 Å². The Morgan fingerprint density at radius 3 is 2.58 bits per heavy atom. The number of rotatable bonds is 9. The summed E-state index contributed by atoms with van der Waals surface area (Å²) in [4.78, 5) is 19.4. The summed E-state index contributed by atoms with van der Waals surface area (Å²) in [6.45, 7) is 14.9. The molecule has 5 rings (SSSR count). The van der Waals surface area contributed by atoms with Gasteiger partial charge in [0.1, 0.15) is 11.8 Å². The van der Waals surface area contributed by atoms with Crippen LogP contribution in [0.4, 0.5) is 0 Å². The molecule has 2 aromatic carbocycles. The molecule has 0 saturated carbocycles. The van der Waals surface area contributed by atoms with E-state index in [1.165, 1.54) is 0 Å². The number of nitrogens with one attached hydrogen (secondary N) is 1. The third kappa shape index (κ3) is 5.81. The zero-order valence-electron chi connectivity index (χ0n) is 24.4. The highest BCUT2D eigenvalue weighted by Gasteiger charge is 2.35. The number of hydrogen-bond acceptors (Lipinski definition) is 7. The average molecular weight is 545 g/mol. The van der Waals surface area contributed by atoms with Crippen molar-refractivity contribution in [1.82, 2.24) is 30.1 Å². The molecule has 9 nitrogen and oxygen atoms in total. The molecule has 1 aliphatic heterocycles. The topological polar surface area (TPSA) is 98.2 Å². The Labute approximate surface area is 235 Å². The van der Waals surface area contributed by atoms with E-state index < -0.39 is 6.04 Å². The normalized spacial score (nSPS) is 16.6. The number of aromatic amines is 1. The molecular weight excluding hydrogens is 504 g/mol. The van der Waals surface area contributed by atoms with Crippen LogP contribution in [-0.4, -0.2) is 56.0 Å². The molecule has 40 heavy (non-hydrogen) atoms. The summed E-state index contributed by atoms with van der Waals surface area (Å²) >= 11 is 0. The lowest BCUT2D eigenvalue weighted by molar-refractivity contribution is 0.0564. The number of hydrogen-bond donors (Lipinski definition) is 1. The fourth-order valence-corrected chi connectivity index (χ4v) is 5.54. The molecule has 9 heteroatoms. The van der Waals surface area contributed by atoms with Gasteiger partial charge in [0.2, 0.25) is 0 Å². The van der Waals surface area contributed by atoms with Crippen molar-refractivity contribution in [2.24, 2.45) is 0 Å². The molecule has 4 aromatic rings. The van der Waals surface area contributed by atoms with Crippen LogP contribution in [0.3, 0.4) is 0 Å². The molecule has 1 saturated heterocycles. The second kappa shape index (κ2) is 11.5. The number of fused-ring (bicyclic) bond motifs is 1. The van der Waals surface area contributed by atoms with E-state index in [4.69, 9.17) is 9.47 Å². The van der Waals surface area contributed by atoms with Gasteiger partial charge < -0.3 is 14.5 Å². The molecule has 2 unspecified atom stereocenters. The van der Waals surface area contributed by atoms with Gasteiger partial charge in [-0.15, -0.1) is 5.10 Å². The highest BCUT2D eigenvalue weighted by atomic mass is 16.5. The summed E-state index contributed by atoms with van der Waals surface area (Å²) in [7, 11) is 0. The van der Waals surface area contributed by atoms with Crippen molar-refractivity contribution in [3.63, 3.8) is 0 Å². The van der Waals surface area contributed by atoms with Crippen molar-refractivity contribution in [3.8, 4) is 5.75 Å². The van der Waals surface area contributed by atoms with Crippen molar-refractivity contribution in [2.75, 3.05) is 19.8 Å². The van der Waals surface area contributed by atoms with Crippen LogP contribution < -0.4 is 10.3 Å². The van der Waals surface area contributed by atoms with Gasteiger partial charge in [0, 0.05) is 30.6 Å². The maximum absolute atomic E-state index is 13.9. The Kier molecular flexibility index (Phi) is 8.05. The minimum atomic E-state index is -0.502. The SMILES string of the molecule is CCOc1ccc(CN(CC2CCCO2)C(c2cc3c(C)ccc(C)c3[nH]c2=O)c2nnnn2C(C)(C)C)cc1. The second-order valence-corrected chi connectivity index (χ2v) is 11.7. The van der Waals surface area contributed by atoms with E-state index in [9.17, 15) is 4.79 Å². The van der Waals surface area contributed by atoms with Gasteiger partial charge in [-0.2, -0.15) is 0 Å². The first-order valence-electron chi connectivity index (χ1n) is 14.1. The zero-order valence-corrected chi connectivity index (χ0v) is 24.4. The Morgan fingerprint density at radius 2 is 1.90 bits per heavy atom. The molecule has 1 aliphatic rings. The van der Waals surface area contributed by atoms with Crippen LogP contribution in [0.15, 0.2) is 47.3 Å². The van der Waals surface area contributed by atoms with Crippen LogP contribution in [0.5, 0.6) is 5.75 Å². The van der Waals surface area contributed by atoms with Gasteiger partial charge in [0.05, 0.1) is 23.8 Å². The summed E-state index contributed by atoms with van der Waals surface area (Å²) in [5, 5.41) is 14.0. The second-order valence-electron chi connectivity index (χ2n) is 11.7. The maximum atomic E-state index is 13.9. The quantitative estimate of drug-likeness (QED) is 0.315.